The first kappa shape index (κ1) is 39.0. The molecule has 0 spiro atoms. The van der Waals surface area contributed by atoms with E-state index in [4.69, 9.17) is 23.2 Å². The predicted octanol–water partition coefficient (Wildman–Crippen LogP) is -6.62. The average molecular weight is 681 g/mol. The summed E-state index contributed by atoms with van der Waals surface area (Å²) >= 11 is 11.5. The first-order valence-corrected chi connectivity index (χ1v) is 13.5. The Morgan fingerprint density at radius 1 is 0.857 bits per heavy atom. The van der Waals surface area contributed by atoms with Gasteiger partial charge in [0.05, 0.1) is 27.1 Å². The molecule has 15 nitrogen and oxygen atoms in total. The molecule has 0 atom stereocenters. The molecule has 0 radical (unpaired) electrons. The molecule has 0 saturated heterocycles. The fourth-order valence-electron chi connectivity index (χ4n) is 3.26. The van der Waals surface area contributed by atoms with Crippen LogP contribution in [0.3, 0.4) is 0 Å². The van der Waals surface area contributed by atoms with Gasteiger partial charge in [0.2, 0.25) is 16.5 Å². The molecule has 0 aliphatic carbocycles. The van der Waals surface area contributed by atoms with Crippen molar-refractivity contribution in [3.05, 3.63) is 58.6 Å². The van der Waals surface area contributed by atoms with Gasteiger partial charge in [-0.3, -0.25) is 0 Å². The van der Waals surface area contributed by atoms with Crippen LogP contribution in [0.2, 0.25) is 10.6 Å². The summed E-state index contributed by atoms with van der Waals surface area (Å²) in [5.41, 5.74) is -1.41. The van der Waals surface area contributed by atoms with Crippen LogP contribution in [0, 0.1) is 0 Å². The fourth-order valence-corrected chi connectivity index (χ4v) is 4.81. The van der Waals surface area contributed by atoms with E-state index in [-0.39, 0.29) is 133 Å². The van der Waals surface area contributed by atoms with Crippen LogP contribution < -0.4 is 99.1 Å². The number of halogens is 2. The van der Waals surface area contributed by atoms with Crippen molar-refractivity contribution in [2.75, 3.05) is 5.32 Å². The second kappa shape index (κ2) is 15.3. The van der Waals surface area contributed by atoms with E-state index in [1.165, 1.54) is 12.1 Å². The largest absolute Gasteiger partial charge is 1.00 e. The van der Waals surface area contributed by atoms with Gasteiger partial charge in [0.25, 0.3) is 0 Å². The zero-order valence-corrected chi connectivity index (χ0v) is 30.7. The number of benzene rings is 3. The Morgan fingerprint density at radius 2 is 1.43 bits per heavy atom. The summed E-state index contributed by atoms with van der Waals surface area (Å²) in [6.07, 6.45) is 0. The number of aromatic hydroxyl groups is 1. The SMILES string of the molecule is O=C([O-])c1ccc(N=Nc2c(S(=O)(=O)[O-])cc3cc(S(=O)(=O)[O-])cc(Nc4nc(Cl)nc(Cl)n4)c3c2O)cc1.[Na+].[Na+].[Na+]. The maximum absolute atomic E-state index is 12.0. The maximum Gasteiger partial charge on any atom is 1.00 e. The van der Waals surface area contributed by atoms with E-state index in [1.807, 2.05) is 0 Å². The van der Waals surface area contributed by atoms with Gasteiger partial charge < -0.3 is 29.4 Å². The van der Waals surface area contributed by atoms with E-state index in [9.17, 15) is 40.9 Å². The van der Waals surface area contributed by atoms with Crippen LogP contribution in [-0.4, -0.2) is 52.0 Å². The first-order valence-electron chi connectivity index (χ1n) is 9.96. The number of phenols is 1. The molecule has 4 aromatic rings. The van der Waals surface area contributed by atoms with Gasteiger partial charge in [-0.2, -0.15) is 20.1 Å². The van der Waals surface area contributed by atoms with Crippen molar-refractivity contribution in [1.82, 2.24) is 15.0 Å². The zero-order valence-electron chi connectivity index (χ0n) is 21.6. The molecule has 22 heteroatoms. The van der Waals surface area contributed by atoms with Crippen molar-refractivity contribution in [1.29, 1.82) is 0 Å². The molecule has 0 aliphatic rings. The van der Waals surface area contributed by atoms with E-state index in [2.05, 4.69) is 30.5 Å². The van der Waals surface area contributed by atoms with Gasteiger partial charge in [-0.1, -0.05) is 12.1 Å². The summed E-state index contributed by atoms with van der Waals surface area (Å²) in [5.74, 6) is -2.80. The summed E-state index contributed by atoms with van der Waals surface area (Å²) in [5, 5.41) is 30.4. The Hall–Kier alpha value is -1.000. The molecule has 1 heterocycles. The predicted molar refractivity (Wildman–Crippen MR) is 130 cm³/mol. The topological polar surface area (TPSA) is 250 Å². The van der Waals surface area contributed by atoms with Crippen molar-refractivity contribution in [3.8, 4) is 5.75 Å². The molecule has 4 rings (SSSR count). The number of carboxylic acid groups (broad SMARTS) is 1. The van der Waals surface area contributed by atoms with Gasteiger partial charge in [-0.15, -0.1) is 5.11 Å². The van der Waals surface area contributed by atoms with Crippen LogP contribution in [0.15, 0.2) is 62.5 Å². The van der Waals surface area contributed by atoms with Crippen LogP contribution in [-0.2, 0) is 20.2 Å². The fraction of sp³-hybridized carbons (Fsp3) is 0. The number of hydrogen-bond donors (Lipinski definition) is 2. The van der Waals surface area contributed by atoms with Crippen LogP contribution in [0.25, 0.3) is 10.8 Å². The summed E-state index contributed by atoms with van der Waals surface area (Å²) < 4.78 is 71.4. The minimum absolute atomic E-state index is 0. The van der Waals surface area contributed by atoms with E-state index in [1.54, 1.807) is 0 Å². The summed E-state index contributed by atoms with van der Waals surface area (Å²) in [7, 11) is -10.5. The number of fused-ring (bicyclic) bond motifs is 1. The van der Waals surface area contributed by atoms with Gasteiger partial charge >= 0.3 is 88.7 Å². The number of carbonyl (C=O) groups is 1. The maximum atomic E-state index is 12.0. The third-order valence-corrected chi connectivity index (χ3v) is 6.88. The summed E-state index contributed by atoms with van der Waals surface area (Å²) in [4.78, 5) is 19.9. The Labute approximate surface area is 313 Å². The Morgan fingerprint density at radius 3 is 1.93 bits per heavy atom. The second-order valence-corrected chi connectivity index (χ2v) is 10.8. The van der Waals surface area contributed by atoms with E-state index in [0.717, 1.165) is 24.3 Å². The van der Waals surface area contributed by atoms with Gasteiger partial charge in [0.15, 0.2) is 5.75 Å². The van der Waals surface area contributed by atoms with Crippen molar-refractivity contribution in [2.45, 2.75) is 9.79 Å². The van der Waals surface area contributed by atoms with Gasteiger partial charge in [-0.25, -0.2) is 16.8 Å². The molecule has 2 N–H and O–H groups in total. The normalized spacial score (nSPS) is 11.3. The number of hydrogen-bond acceptors (Lipinski definition) is 15. The van der Waals surface area contributed by atoms with Crippen molar-refractivity contribution in [3.63, 3.8) is 0 Å². The molecule has 3 aromatic carbocycles. The monoisotopic (exact) mass is 680 g/mol. The minimum Gasteiger partial charge on any atom is -0.744 e. The average Bonchev–Trinajstić information content (AvgIpc) is 2.81. The molecular weight excluding hydrogens is 672 g/mol. The number of aromatic nitrogens is 3. The van der Waals surface area contributed by atoms with Gasteiger partial charge in [0.1, 0.15) is 25.9 Å². The molecular formula is C20H9Cl2N6Na3O9S2. The minimum atomic E-state index is -5.37. The molecule has 202 valence electrons. The van der Waals surface area contributed by atoms with E-state index >= 15 is 0 Å². The number of azo groups is 1. The van der Waals surface area contributed by atoms with Crippen LogP contribution in [0.1, 0.15) is 10.4 Å². The number of nitrogens with one attached hydrogen (secondary N) is 1. The molecule has 0 unspecified atom stereocenters. The smallest absolute Gasteiger partial charge is 0.744 e. The zero-order chi connectivity index (χ0) is 28.7. The standard InChI is InChI=1S/C20H12Cl2N6O9S2.3Na/c21-18-24-19(22)26-20(25-18)23-12-7-11(38(32,33)34)5-9-6-13(39(35,36)37)15(16(29)14(9)12)28-27-10-3-1-8(2-4-10)17(30)31;;;/h1-7,29H,(H,30,31)(H,32,33,34)(H,35,36,37)(H,23,24,25,26);;;/q;3*+1/p-3. The summed E-state index contributed by atoms with van der Waals surface area (Å²) in [6, 6.07) is 6.79. The van der Waals surface area contributed by atoms with Crippen LogP contribution in [0.4, 0.5) is 23.0 Å². The van der Waals surface area contributed by atoms with Crippen LogP contribution >= 0.6 is 23.2 Å². The number of aromatic carboxylic acids is 1. The van der Waals surface area contributed by atoms with Crippen molar-refractivity contribution >= 4 is 83.2 Å². The van der Waals surface area contributed by atoms with Crippen LogP contribution in [0.5, 0.6) is 5.75 Å². The third-order valence-electron chi connectivity index (χ3n) is 4.88. The van der Waals surface area contributed by atoms with Crippen molar-refractivity contribution < 1.29 is 130 Å². The third kappa shape index (κ3) is 9.26. The quantitative estimate of drug-likeness (QED) is 0.105. The number of carbonyl (C=O) groups excluding carboxylic acids is 1. The van der Waals surface area contributed by atoms with Crippen molar-refractivity contribution in [2.24, 2.45) is 10.2 Å². The first-order chi connectivity index (χ1) is 18.1. The Kier molecular flexibility index (Phi) is 14.2. The molecule has 0 bridgehead atoms. The molecule has 0 aliphatic heterocycles. The van der Waals surface area contributed by atoms with E-state index < -0.39 is 47.4 Å². The van der Waals surface area contributed by atoms with E-state index in [0.29, 0.717) is 6.07 Å². The molecule has 1 aromatic heterocycles. The number of phenolic OH excluding ortho intramolecular Hbond substituents is 1. The Bertz CT molecular complexity index is 1900. The molecule has 0 amide bonds. The molecule has 0 saturated carbocycles. The number of carboxylic acids is 1. The number of anilines is 2. The van der Waals surface area contributed by atoms with Gasteiger partial charge in [-0.05, 0) is 64.5 Å². The number of rotatable bonds is 7. The van der Waals surface area contributed by atoms with Gasteiger partial charge in [0, 0.05) is 5.39 Å². The summed E-state index contributed by atoms with van der Waals surface area (Å²) in [6.45, 7) is 0. The second-order valence-electron chi connectivity index (χ2n) is 7.41. The molecule has 42 heavy (non-hydrogen) atoms. The number of nitrogens with zero attached hydrogens (tertiary/aromatic N) is 5. The molecule has 0 fully saturated rings. The Balaban J connectivity index is 0.00000294.